The Morgan fingerprint density at radius 3 is 1.17 bits per heavy atom. The van der Waals surface area contributed by atoms with Crippen molar-refractivity contribution in [3.05, 3.63) is 167 Å². The van der Waals surface area contributed by atoms with Gasteiger partial charge in [-0.2, -0.15) is 0 Å². The molecule has 0 amide bonds. The molecule has 0 unspecified atom stereocenters. The Hall–Kier alpha value is -9.68. The minimum atomic E-state index is 0.180. The number of hydrogen-bond donors (Lipinski definition) is 2. The van der Waals surface area contributed by atoms with Crippen LogP contribution in [0.15, 0.2) is 127 Å². The van der Waals surface area contributed by atoms with Gasteiger partial charge in [-0.15, -0.1) is 0 Å². The van der Waals surface area contributed by atoms with Gasteiger partial charge in [0.05, 0.1) is 111 Å². The van der Waals surface area contributed by atoms with E-state index in [-0.39, 0.29) is 5.92 Å². The molecule has 2 N–H and O–H groups in total. The van der Waals surface area contributed by atoms with Gasteiger partial charge in [-0.1, -0.05) is 58.0 Å². The molecule has 0 spiro atoms. The lowest BCUT2D eigenvalue weighted by molar-refractivity contribution is 0.864. The van der Waals surface area contributed by atoms with E-state index in [4.69, 9.17) is 49.8 Å². The van der Waals surface area contributed by atoms with Crippen molar-refractivity contribution >= 4 is 135 Å². The first-order valence-corrected chi connectivity index (χ1v) is 25.4. The Balaban J connectivity index is 0.949. The number of H-pyrrole nitrogens is 2. The summed E-state index contributed by atoms with van der Waals surface area (Å²) >= 11 is 0. The third-order valence-electron chi connectivity index (χ3n) is 14.8. The maximum absolute atomic E-state index is 5.56. The van der Waals surface area contributed by atoms with Crippen LogP contribution in [0.4, 0.5) is 0 Å². The minimum absolute atomic E-state index is 0.180. The second-order valence-corrected chi connectivity index (χ2v) is 20.3. The van der Waals surface area contributed by atoms with Crippen molar-refractivity contribution in [1.82, 2.24) is 59.8 Å². The fraction of sp³-hybridized carbons (Fsp3) is 0.111. The molecule has 12 heteroatoms. The second-order valence-electron chi connectivity index (χ2n) is 20.3. The van der Waals surface area contributed by atoms with E-state index >= 15 is 0 Å². The van der Waals surface area contributed by atoms with Crippen LogP contribution in [0.3, 0.4) is 0 Å². The van der Waals surface area contributed by atoms with E-state index in [9.17, 15) is 0 Å². The predicted molar refractivity (Wildman–Crippen MR) is 305 cm³/mol. The Kier molecular flexibility index (Phi) is 9.26. The maximum Gasteiger partial charge on any atom is 0.0917 e. The molecule has 0 saturated heterocycles. The average Bonchev–Trinajstić information content (AvgIpc) is 4.28. The lowest BCUT2D eigenvalue weighted by Crippen LogP contribution is -1.94. The molecule has 9 heterocycles. The molecule has 2 aliphatic rings. The first-order chi connectivity index (χ1) is 36.6. The van der Waals surface area contributed by atoms with E-state index in [1.165, 1.54) is 5.56 Å². The second kappa shape index (κ2) is 16.2. The molecule has 0 atom stereocenters. The SMILES string of the molecule is Cc1c2nc(c(C(C)C)c3ccc([nH]3)c(-c3ccc4nc5cc6nc7ccccc7nc6cc5nc4c3)c3nc(c(-c4ccc5nc6cc7nc8cc(C(C)C)ccc8nc7cc6nc5c4)c4ccc1[nH]4)C=C3)C=C2. The van der Waals surface area contributed by atoms with Gasteiger partial charge in [0.2, 0.25) is 0 Å². The van der Waals surface area contributed by atoms with E-state index in [0.29, 0.717) is 5.92 Å². The van der Waals surface area contributed by atoms with E-state index in [0.717, 1.165) is 166 Å². The summed E-state index contributed by atoms with van der Waals surface area (Å²) in [6.07, 6.45) is 8.47. The quantitative estimate of drug-likeness (QED) is 0.162. The Morgan fingerprint density at radius 1 is 0.307 bits per heavy atom. The van der Waals surface area contributed by atoms with Crippen LogP contribution in [-0.4, -0.2) is 59.8 Å². The van der Waals surface area contributed by atoms with Crippen molar-refractivity contribution in [1.29, 1.82) is 0 Å². The fourth-order valence-corrected chi connectivity index (χ4v) is 10.9. The molecule has 0 saturated carbocycles. The number of para-hydroxylation sites is 2. The van der Waals surface area contributed by atoms with Gasteiger partial charge in [0.1, 0.15) is 0 Å². The predicted octanol–water partition coefficient (Wildman–Crippen LogP) is 14.9. The first kappa shape index (κ1) is 43.0. The van der Waals surface area contributed by atoms with E-state index in [1.54, 1.807) is 0 Å². The van der Waals surface area contributed by atoms with Crippen molar-refractivity contribution < 1.29 is 0 Å². The zero-order chi connectivity index (χ0) is 50.2. The lowest BCUT2D eigenvalue weighted by atomic mass is 10.0. The number of rotatable bonds is 4. The third kappa shape index (κ3) is 7.04. The Labute approximate surface area is 428 Å². The topological polar surface area (TPSA) is 160 Å². The number of nitrogens with one attached hydrogen (secondary N) is 2. The van der Waals surface area contributed by atoms with Gasteiger partial charge in [0, 0.05) is 38.8 Å². The third-order valence-corrected chi connectivity index (χ3v) is 14.8. The summed E-state index contributed by atoms with van der Waals surface area (Å²) in [4.78, 5) is 59.0. The number of benzene rings is 6. The zero-order valence-corrected chi connectivity index (χ0v) is 41.6. The molecule has 8 bridgehead atoms. The van der Waals surface area contributed by atoms with Crippen LogP contribution in [0.25, 0.3) is 157 Å². The van der Waals surface area contributed by atoms with Gasteiger partial charge in [0.15, 0.2) is 0 Å². The summed E-state index contributed by atoms with van der Waals surface area (Å²) in [6, 6.07) is 43.4. The molecule has 15 rings (SSSR count). The summed E-state index contributed by atoms with van der Waals surface area (Å²) in [5.74, 6) is 0.571. The molecule has 0 aliphatic carbocycles. The largest absolute Gasteiger partial charge is 0.355 e. The fourth-order valence-electron chi connectivity index (χ4n) is 10.9. The maximum atomic E-state index is 5.56. The van der Waals surface area contributed by atoms with Crippen LogP contribution >= 0.6 is 0 Å². The van der Waals surface area contributed by atoms with Gasteiger partial charge >= 0.3 is 0 Å². The van der Waals surface area contributed by atoms with Crippen molar-refractivity contribution in [3.63, 3.8) is 0 Å². The minimum Gasteiger partial charge on any atom is -0.355 e. The Bertz CT molecular complexity index is 4930. The average molecular weight is 969 g/mol. The number of aryl methyl sites for hydroxylation is 1. The monoisotopic (exact) mass is 968 g/mol. The summed E-state index contributed by atoms with van der Waals surface area (Å²) < 4.78 is 0. The van der Waals surface area contributed by atoms with Gasteiger partial charge in [-0.25, -0.2) is 49.8 Å². The van der Waals surface area contributed by atoms with Crippen molar-refractivity contribution in [2.75, 3.05) is 0 Å². The summed E-state index contributed by atoms with van der Waals surface area (Å²) in [7, 11) is 0. The normalized spacial score (nSPS) is 12.7. The standard InChI is InChI=1S/C63H44N12/c1-31(2)34-10-13-41-50(24-34)73-58-29-57-60(30-56(58)68-41)75-51-25-35(11-14-43(51)70-57)62-46-19-17-38(65-46)33(5)37-16-18-44(64-37)61(32(3)4)45-20-21-47(71-45)63(49-23-22-48(62)72-49)36-12-15-42-52(26-36)74-59-28-54-53(27-55(59)69-42)66-39-8-6-7-9-40(39)67-54/h6-32,65,71H,1-5H3. The molecule has 7 aromatic heterocycles. The highest BCUT2D eigenvalue weighted by Gasteiger charge is 2.20. The summed E-state index contributed by atoms with van der Waals surface area (Å²) in [5.41, 5.74) is 27.0. The highest BCUT2D eigenvalue weighted by atomic mass is 14.9. The first-order valence-electron chi connectivity index (χ1n) is 25.4. The zero-order valence-electron chi connectivity index (χ0n) is 41.6. The van der Waals surface area contributed by atoms with E-state index in [1.807, 2.05) is 60.7 Å². The van der Waals surface area contributed by atoms with Crippen LogP contribution in [0.1, 0.15) is 79.0 Å². The molecule has 0 fully saturated rings. The Morgan fingerprint density at radius 2 is 0.680 bits per heavy atom. The van der Waals surface area contributed by atoms with Crippen molar-refractivity contribution in [2.45, 2.75) is 46.5 Å². The smallest absolute Gasteiger partial charge is 0.0917 e. The van der Waals surface area contributed by atoms with Crippen molar-refractivity contribution in [2.24, 2.45) is 0 Å². The molecule has 0 radical (unpaired) electrons. The van der Waals surface area contributed by atoms with Gasteiger partial charge in [0.25, 0.3) is 0 Å². The van der Waals surface area contributed by atoms with Crippen LogP contribution in [0.5, 0.6) is 0 Å². The number of aromatic amines is 2. The molecule has 75 heavy (non-hydrogen) atoms. The highest BCUT2D eigenvalue weighted by molar-refractivity contribution is 6.02. The van der Waals surface area contributed by atoms with E-state index in [2.05, 4.69) is 136 Å². The lowest BCUT2D eigenvalue weighted by Gasteiger charge is -2.09. The molecular formula is C63H44N12. The van der Waals surface area contributed by atoms with E-state index < -0.39 is 0 Å². The highest BCUT2D eigenvalue weighted by Crippen LogP contribution is 2.38. The summed E-state index contributed by atoms with van der Waals surface area (Å²) in [5, 5.41) is 0. The van der Waals surface area contributed by atoms with Crippen LogP contribution < -0.4 is 0 Å². The van der Waals surface area contributed by atoms with Gasteiger partial charge in [-0.3, -0.25) is 0 Å². The molecule has 2 aliphatic heterocycles. The number of nitrogens with zero attached hydrogens (tertiary/aromatic N) is 10. The van der Waals surface area contributed by atoms with Gasteiger partial charge in [-0.05, 0) is 162 Å². The molecule has 6 aromatic carbocycles. The van der Waals surface area contributed by atoms with Crippen LogP contribution in [0.2, 0.25) is 0 Å². The number of aromatic nitrogens is 12. The number of hydrogen-bond acceptors (Lipinski definition) is 10. The van der Waals surface area contributed by atoms with Gasteiger partial charge < -0.3 is 9.97 Å². The van der Waals surface area contributed by atoms with Crippen LogP contribution in [0, 0.1) is 6.92 Å². The molecular weight excluding hydrogens is 925 g/mol. The number of fused-ring (bicyclic) bond motifs is 16. The molecule has 356 valence electrons. The van der Waals surface area contributed by atoms with Crippen molar-refractivity contribution in [3.8, 4) is 22.3 Å². The summed E-state index contributed by atoms with van der Waals surface area (Å²) in [6.45, 7) is 10.9. The molecule has 12 nitrogen and oxygen atoms in total. The van der Waals surface area contributed by atoms with Crippen LogP contribution in [-0.2, 0) is 0 Å². The molecule has 13 aromatic rings.